The number of piperazine rings is 1. The molecule has 1 fully saturated rings. The van der Waals surface area contributed by atoms with Crippen LogP contribution in [0.4, 0.5) is 0 Å². The van der Waals surface area contributed by atoms with Crippen molar-refractivity contribution in [2.45, 2.75) is 20.3 Å². The molecule has 1 aromatic rings. The molecule has 1 saturated heterocycles. The monoisotopic (exact) mass is 371 g/mol. The van der Waals surface area contributed by atoms with Crippen LogP contribution < -0.4 is 0 Å². The highest BCUT2D eigenvalue weighted by Crippen LogP contribution is 2.34. The number of amides is 2. The molecule has 3 rings (SSSR count). The van der Waals surface area contributed by atoms with E-state index < -0.39 is 0 Å². The van der Waals surface area contributed by atoms with Crippen LogP contribution in [-0.4, -0.2) is 80.0 Å². The first-order valence-corrected chi connectivity index (χ1v) is 9.54. The van der Waals surface area contributed by atoms with Crippen LogP contribution >= 0.6 is 0 Å². The van der Waals surface area contributed by atoms with Gasteiger partial charge in [-0.1, -0.05) is 23.8 Å². The number of ether oxygens (including phenoxy) is 1. The van der Waals surface area contributed by atoms with Crippen molar-refractivity contribution < 1.29 is 14.3 Å². The van der Waals surface area contributed by atoms with Gasteiger partial charge in [-0.05, 0) is 38.4 Å². The number of rotatable bonds is 6. The van der Waals surface area contributed by atoms with Gasteiger partial charge in [0.05, 0.1) is 5.57 Å². The number of aryl methyl sites for hydroxylation is 2. The second-order valence-corrected chi connectivity index (χ2v) is 7.44. The highest BCUT2D eigenvalue weighted by Gasteiger charge is 2.42. The Kier molecular flexibility index (Phi) is 5.97. The molecule has 6 nitrogen and oxygen atoms in total. The van der Waals surface area contributed by atoms with Gasteiger partial charge in [0, 0.05) is 46.4 Å². The average Bonchev–Trinajstić information content (AvgIpc) is 2.87. The van der Waals surface area contributed by atoms with Crippen LogP contribution in [0.3, 0.4) is 0 Å². The lowest BCUT2D eigenvalue weighted by molar-refractivity contribution is -0.137. The molecule has 0 unspecified atom stereocenters. The van der Waals surface area contributed by atoms with Gasteiger partial charge in [0.25, 0.3) is 11.8 Å². The second-order valence-electron chi connectivity index (χ2n) is 7.44. The van der Waals surface area contributed by atoms with E-state index in [4.69, 9.17) is 4.74 Å². The molecular formula is C21H29N3O3. The van der Waals surface area contributed by atoms with Gasteiger partial charge < -0.3 is 14.5 Å². The first-order chi connectivity index (χ1) is 12.9. The van der Waals surface area contributed by atoms with Gasteiger partial charge in [0.15, 0.2) is 0 Å². The first-order valence-electron chi connectivity index (χ1n) is 9.54. The van der Waals surface area contributed by atoms with E-state index in [2.05, 4.69) is 22.9 Å². The highest BCUT2D eigenvalue weighted by atomic mass is 16.5. The molecule has 0 spiro atoms. The van der Waals surface area contributed by atoms with Crippen molar-refractivity contribution in [2.24, 2.45) is 0 Å². The Morgan fingerprint density at radius 1 is 1.04 bits per heavy atom. The Balaban J connectivity index is 2.00. The fourth-order valence-corrected chi connectivity index (χ4v) is 3.79. The molecule has 0 N–H and O–H groups in total. The van der Waals surface area contributed by atoms with Crippen LogP contribution in [0.1, 0.15) is 23.1 Å². The molecule has 2 amide bonds. The van der Waals surface area contributed by atoms with Gasteiger partial charge in [-0.2, -0.15) is 0 Å². The van der Waals surface area contributed by atoms with Crippen molar-refractivity contribution in [1.82, 2.24) is 14.7 Å². The SMILES string of the molecule is COCCCN1C(=O)C(c2ccc(C)cc2C)=C(N2CCN(C)CC2)C1=O. The summed E-state index contributed by atoms with van der Waals surface area (Å²) in [7, 11) is 3.71. The molecule has 2 aliphatic heterocycles. The molecule has 2 heterocycles. The van der Waals surface area contributed by atoms with Gasteiger partial charge >= 0.3 is 0 Å². The van der Waals surface area contributed by atoms with Gasteiger partial charge in [0.2, 0.25) is 0 Å². The molecule has 2 aliphatic rings. The minimum Gasteiger partial charge on any atom is -0.385 e. The van der Waals surface area contributed by atoms with Crippen LogP contribution in [0.5, 0.6) is 0 Å². The summed E-state index contributed by atoms with van der Waals surface area (Å²) in [5.74, 6) is -0.354. The lowest BCUT2D eigenvalue weighted by Gasteiger charge is -2.34. The van der Waals surface area contributed by atoms with E-state index in [1.807, 2.05) is 26.0 Å². The van der Waals surface area contributed by atoms with Crippen LogP contribution in [0.2, 0.25) is 0 Å². The lowest BCUT2D eigenvalue weighted by atomic mass is 9.97. The highest BCUT2D eigenvalue weighted by molar-refractivity contribution is 6.35. The third-order valence-corrected chi connectivity index (χ3v) is 5.34. The number of carbonyl (C=O) groups excluding carboxylic acids is 2. The number of methoxy groups -OCH3 is 1. The molecule has 6 heteroatoms. The Hall–Kier alpha value is -2.18. The summed E-state index contributed by atoms with van der Waals surface area (Å²) in [5.41, 5.74) is 4.15. The maximum absolute atomic E-state index is 13.2. The summed E-state index contributed by atoms with van der Waals surface area (Å²) in [6, 6.07) is 6.04. The van der Waals surface area contributed by atoms with Crippen molar-refractivity contribution >= 4 is 17.4 Å². The Morgan fingerprint density at radius 3 is 2.37 bits per heavy atom. The average molecular weight is 371 g/mol. The second kappa shape index (κ2) is 8.23. The smallest absolute Gasteiger partial charge is 0.277 e. The summed E-state index contributed by atoms with van der Waals surface area (Å²) >= 11 is 0. The topological polar surface area (TPSA) is 53.1 Å². The quantitative estimate of drug-likeness (QED) is 0.562. The number of nitrogens with zero attached hydrogens (tertiary/aromatic N) is 3. The largest absolute Gasteiger partial charge is 0.385 e. The summed E-state index contributed by atoms with van der Waals surface area (Å²) in [4.78, 5) is 32.2. The standard InChI is InChI=1S/C21H29N3O3/c1-15-6-7-17(16(2)14-15)18-19(23-11-9-22(3)10-12-23)21(26)24(20(18)25)8-5-13-27-4/h6-7,14H,5,8-13H2,1-4H3. The number of carbonyl (C=O) groups is 2. The van der Waals surface area contributed by atoms with Crippen molar-refractivity contribution in [3.63, 3.8) is 0 Å². The van der Waals surface area contributed by atoms with Gasteiger partial charge in [-0.25, -0.2) is 0 Å². The van der Waals surface area contributed by atoms with Crippen LogP contribution in [-0.2, 0) is 14.3 Å². The predicted octanol–water partition coefficient (Wildman–Crippen LogP) is 1.67. The van der Waals surface area contributed by atoms with E-state index in [0.717, 1.165) is 42.9 Å². The maximum atomic E-state index is 13.2. The molecule has 0 aliphatic carbocycles. The van der Waals surface area contributed by atoms with Gasteiger partial charge in [-0.15, -0.1) is 0 Å². The number of imide groups is 1. The fourth-order valence-electron chi connectivity index (χ4n) is 3.79. The summed E-state index contributed by atoms with van der Waals surface area (Å²) in [6.45, 7) is 8.23. The Bertz CT molecular complexity index is 764. The molecular weight excluding hydrogens is 342 g/mol. The van der Waals surface area contributed by atoms with Crippen LogP contribution in [0.25, 0.3) is 5.57 Å². The zero-order valence-electron chi connectivity index (χ0n) is 16.7. The van der Waals surface area contributed by atoms with Crippen LogP contribution in [0, 0.1) is 13.8 Å². The van der Waals surface area contributed by atoms with Crippen molar-refractivity contribution in [3.8, 4) is 0 Å². The number of hydrogen-bond donors (Lipinski definition) is 0. The summed E-state index contributed by atoms with van der Waals surface area (Å²) in [5, 5.41) is 0. The molecule has 0 atom stereocenters. The zero-order chi connectivity index (χ0) is 19.6. The van der Waals surface area contributed by atoms with E-state index in [0.29, 0.717) is 30.8 Å². The van der Waals surface area contributed by atoms with Gasteiger partial charge in [0.1, 0.15) is 5.70 Å². The van der Waals surface area contributed by atoms with E-state index >= 15 is 0 Å². The Labute approximate surface area is 161 Å². The van der Waals surface area contributed by atoms with E-state index in [1.165, 1.54) is 4.90 Å². The summed E-state index contributed by atoms with van der Waals surface area (Å²) < 4.78 is 5.09. The molecule has 0 aromatic heterocycles. The third-order valence-electron chi connectivity index (χ3n) is 5.34. The van der Waals surface area contributed by atoms with Crippen molar-refractivity contribution in [3.05, 3.63) is 40.6 Å². The van der Waals surface area contributed by atoms with Gasteiger partial charge in [-0.3, -0.25) is 14.5 Å². The normalized spacial score (nSPS) is 18.8. The third kappa shape index (κ3) is 3.92. The number of benzene rings is 1. The lowest BCUT2D eigenvalue weighted by Crippen LogP contribution is -2.46. The van der Waals surface area contributed by atoms with E-state index in [1.54, 1.807) is 7.11 Å². The first kappa shape index (κ1) is 19.6. The molecule has 0 saturated carbocycles. The van der Waals surface area contributed by atoms with Crippen molar-refractivity contribution in [2.75, 3.05) is 53.5 Å². The fraction of sp³-hybridized carbons (Fsp3) is 0.524. The number of hydrogen-bond acceptors (Lipinski definition) is 5. The number of likely N-dealkylation sites (N-methyl/N-ethyl adjacent to an activating group) is 1. The molecule has 0 bridgehead atoms. The minimum atomic E-state index is -0.183. The molecule has 146 valence electrons. The van der Waals surface area contributed by atoms with Crippen molar-refractivity contribution in [1.29, 1.82) is 0 Å². The zero-order valence-corrected chi connectivity index (χ0v) is 16.7. The van der Waals surface area contributed by atoms with E-state index in [9.17, 15) is 9.59 Å². The predicted molar refractivity (Wildman–Crippen MR) is 105 cm³/mol. The summed E-state index contributed by atoms with van der Waals surface area (Å²) in [6.07, 6.45) is 0.643. The molecule has 27 heavy (non-hydrogen) atoms. The Morgan fingerprint density at radius 2 is 1.74 bits per heavy atom. The maximum Gasteiger partial charge on any atom is 0.277 e. The van der Waals surface area contributed by atoms with E-state index in [-0.39, 0.29) is 11.8 Å². The molecule has 1 aromatic carbocycles. The van der Waals surface area contributed by atoms with Crippen LogP contribution in [0.15, 0.2) is 23.9 Å². The molecule has 0 radical (unpaired) electrons. The minimum absolute atomic E-state index is 0.171.